The van der Waals surface area contributed by atoms with Gasteiger partial charge in [0, 0.05) is 19.7 Å². The molecule has 1 atom stereocenters. The van der Waals surface area contributed by atoms with E-state index in [0.29, 0.717) is 36.7 Å². The minimum Gasteiger partial charge on any atom is -0.497 e. The van der Waals surface area contributed by atoms with Gasteiger partial charge < -0.3 is 9.84 Å². The van der Waals surface area contributed by atoms with E-state index in [9.17, 15) is 8.42 Å². The van der Waals surface area contributed by atoms with E-state index >= 15 is 0 Å². The van der Waals surface area contributed by atoms with Gasteiger partial charge in [-0.2, -0.15) is 4.31 Å². The molecule has 0 saturated carbocycles. The van der Waals surface area contributed by atoms with Crippen molar-refractivity contribution in [2.45, 2.75) is 31.1 Å². The molecule has 0 radical (unpaired) electrons. The molecule has 1 saturated heterocycles. The van der Waals surface area contributed by atoms with Crippen LogP contribution < -0.4 is 4.74 Å². The first-order valence-corrected chi connectivity index (χ1v) is 8.74. The number of nitrogens with zero attached hydrogens (tertiary/aromatic N) is 1. The van der Waals surface area contributed by atoms with Crippen LogP contribution in [0.25, 0.3) is 0 Å². The van der Waals surface area contributed by atoms with Gasteiger partial charge in [0.05, 0.1) is 12.0 Å². The first kappa shape index (κ1) is 16.3. The molecular weight excluding hydrogens is 290 g/mol. The molecule has 118 valence electrons. The smallest absolute Gasteiger partial charge is 0.243 e. The van der Waals surface area contributed by atoms with E-state index in [1.165, 1.54) is 0 Å². The molecule has 5 nitrogen and oxygen atoms in total. The van der Waals surface area contributed by atoms with Crippen LogP contribution in [-0.4, -0.2) is 44.6 Å². The molecule has 1 aromatic carbocycles. The summed E-state index contributed by atoms with van der Waals surface area (Å²) in [5.74, 6) is 1.05. The molecule has 0 spiro atoms. The predicted octanol–water partition coefficient (Wildman–Crippen LogP) is 1.65. The van der Waals surface area contributed by atoms with E-state index in [0.717, 1.165) is 12.8 Å². The molecule has 0 aromatic heterocycles. The molecular formula is C15H23NO4S. The monoisotopic (exact) mass is 313 g/mol. The standard InChI is InChI=1S/C15H23NO4S/c1-3-12-6-8-16(11-12)21(18,19)15-5-4-14(20-2)10-13(15)7-9-17/h4-5,10,12,17H,3,6-9,11H2,1-2H3. The zero-order chi connectivity index (χ0) is 15.5. The zero-order valence-electron chi connectivity index (χ0n) is 12.6. The van der Waals surface area contributed by atoms with Crippen molar-refractivity contribution >= 4 is 10.0 Å². The predicted molar refractivity (Wildman–Crippen MR) is 80.9 cm³/mol. The second-order valence-corrected chi connectivity index (χ2v) is 7.28. The van der Waals surface area contributed by atoms with Gasteiger partial charge in [0.25, 0.3) is 0 Å². The van der Waals surface area contributed by atoms with Gasteiger partial charge in [-0.25, -0.2) is 8.42 Å². The lowest BCUT2D eigenvalue weighted by molar-refractivity contribution is 0.298. The Morgan fingerprint density at radius 3 is 2.76 bits per heavy atom. The Labute approximate surface area is 126 Å². The number of ether oxygens (including phenoxy) is 1. The molecule has 1 aliphatic heterocycles. The van der Waals surface area contributed by atoms with Crippen molar-refractivity contribution in [3.05, 3.63) is 23.8 Å². The van der Waals surface area contributed by atoms with Crippen LogP contribution in [0.4, 0.5) is 0 Å². The average molecular weight is 313 g/mol. The van der Waals surface area contributed by atoms with Crippen molar-refractivity contribution < 1.29 is 18.3 Å². The third-order valence-electron chi connectivity index (χ3n) is 4.09. The topological polar surface area (TPSA) is 66.8 Å². The van der Waals surface area contributed by atoms with Gasteiger partial charge in [-0.15, -0.1) is 0 Å². The van der Waals surface area contributed by atoms with Gasteiger partial charge in [0.1, 0.15) is 5.75 Å². The Kier molecular flexibility index (Phi) is 5.24. The summed E-state index contributed by atoms with van der Waals surface area (Å²) in [5.41, 5.74) is 0.608. The summed E-state index contributed by atoms with van der Waals surface area (Å²) in [7, 11) is -1.95. The second-order valence-electron chi connectivity index (χ2n) is 5.37. The molecule has 0 bridgehead atoms. The molecule has 1 aromatic rings. The number of hydrogen-bond acceptors (Lipinski definition) is 4. The zero-order valence-corrected chi connectivity index (χ0v) is 13.4. The molecule has 1 N–H and O–H groups in total. The van der Waals surface area contributed by atoms with Crippen molar-refractivity contribution in [2.24, 2.45) is 5.92 Å². The Morgan fingerprint density at radius 2 is 2.19 bits per heavy atom. The maximum Gasteiger partial charge on any atom is 0.243 e. The van der Waals surface area contributed by atoms with E-state index in [1.54, 1.807) is 29.6 Å². The fourth-order valence-corrected chi connectivity index (χ4v) is 4.50. The summed E-state index contributed by atoms with van der Waals surface area (Å²) >= 11 is 0. The van der Waals surface area contributed by atoms with Crippen molar-refractivity contribution in [3.8, 4) is 5.75 Å². The highest BCUT2D eigenvalue weighted by atomic mass is 32.2. The molecule has 1 unspecified atom stereocenters. The largest absolute Gasteiger partial charge is 0.497 e. The summed E-state index contributed by atoms with van der Waals surface area (Å²) < 4.78 is 32.3. The molecule has 6 heteroatoms. The summed E-state index contributed by atoms with van der Waals surface area (Å²) in [6.07, 6.45) is 2.22. The van der Waals surface area contributed by atoms with Crippen LogP contribution >= 0.6 is 0 Å². The number of sulfonamides is 1. The first-order valence-electron chi connectivity index (χ1n) is 7.30. The third-order valence-corrected chi connectivity index (χ3v) is 6.06. The van der Waals surface area contributed by atoms with E-state index in [2.05, 4.69) is 6.92 Å². The van der Waals surface area contributed by atoms with Gasteiger partial charge >= 0.3 is 0 Å². The van der Waals surface area contributed by atoms with Crippen LogP contribution in [0.15, 0.2) is 23.1 Å². The number of benzene rings is 1. The highest BCUT2D eigenvalue weighted by molar-refractivity contribution is 7.89. The number of hydrogen-bond donors (Lipinski definition) is 1. The van der Waals surface area contributed by atoms with Crippen molar-refractivity contribution in [2.75, 3.05) is 26.8 Å². The van der Waals surface area contributed by atoms with Crippen LogP contribution in [0.5, 0.6) is 5.75 Å². The molecule has 0 amide bonds. The third kappa shape index (κ3) is 3.39. The maximum absolute atomic E-state index is 12.8. The Bertz CT molecular complexity index is 585. The Morgan fingerprint density at radius 1 is 1.43 bits per heavy atom. The lowest BCUT2D eigenvalue weighted by atomic mass is 10.1. The maximum atomic E-state index is 12.8. The van der Waals surface area contributed by atoms with Gasteiger partial charge in [0.15, 0.2) is 0 Å². The summed E-state index contributed by atoms with van der Waals surface area (Å²) in [4.78, 5) is 0.286. The Balaban J connectivity index is 2.35. The van der Waals surface area contributed by atoms with Crippen molar-refractivity contribution in [1.82, 2.24) is 4.31 Å². The van der Waals surface area contributed by atoms with Gasteiger partial charge in [-0.05, 0) is 42.5 Å². The molecule has 1 aliphatic rings. The van der Waals surface area contributed by atoms with Gasteiger partial charge in [-0.3, -0.25) is 0 Å². The fourth-order valence-electron chi connectivity index (χ4n) is 2.74. The number of aliphatic hydroxyl groups is 1. The SMILES string of the molecule is CCC1CCN(S(=O)(=O)c2ccc(OC)cc2CCO)C1. The normalized spacial score (nSPS) is 19.9. The minimum absolute atomic E-state index is 0.0900. The molecule has 21 heavy (non-hydrogen) atoms. The van der Waals surface area contributed by atoms with Crippen LogP contribution in [0, 0.1) is 5.92 Å². The summed E-state index contributed by atoms with van der Waals surface area (Å²) in [5, 5.41) is 9.17. The lowest BCUT2D eigenvalue weighted by Crippen LogP contribution is -2.29. The van der Waals surface area contributed by atoms with E-state index in [4.69, 9.17) is 9.84 Å². The van der Waals surface area contributed by atoms with Gasteiger partial charge in [-0.1, -0.05) is 13.3 Å². The Hall–Kier alpha value is -1.11. The second kappa shape index (κ2) is 6.77. The molecule has 0 aliphatic carbocycles. The minimum atomic E-state index is -3.49. The summed E-state index contributed by atoms with van der Waals surface area (Å²) in [6, 6.07) is 4.93. The first-order chi connectivity index (χ1) is 10.0. The van der Waals surface area contributed by atoms with Gasteiger partial charge in [0.2, 0.25) is 10.0 Å². The number of aliphatic hydroxyl groups excluding tert-OH is 1. The van der Waals surface area contributed by atoms with E-state index in [1.807, 2.05) is 0 Å². The summed E-state index contributed by atoms with van der Waals surface area (Å²) in [6.45, 7) is 3.16. The average Bonchev–Trinajstić information content (AvgIpc) is 2.97. The highest BCUT2D eigenvalue weighted by Crippen LogP contribution is 2.29. The fraction of sp³-hybridized carbons (Fsp3) is 0.600. The number of methoxy groups -OCH3 is 1. The molecule has 1 heterocycles. The molecule has 2 rings (SSSR count). The van der Waals surface area contributed by atoms with Crippen molar-refractivity contribution in [3.63, 3.8) is 0 Å². The van der Waals surface area contributed by atoms with E-state index < -0.39 is 10.0 Å². The van der Waals surface area contributed by atoms with Crippen LogP contribution in [-0.2, 0) is 16.4 Å². The van der Waals surface area contributed by atoms with Crippen LogP contribution in [0.2, 0.25) is 0 Å². The van der Waals surface area contributed by atoms with Crippen LogP contribution in [0.1, 0.15) is 25.3 Å². The van der Waals surface area contributed by atoms with E-state index in [-0.39, 0.29) is 11.5 Å². The van der Waals surface area contributed by atoms with Crippen molar-refractivity contribution in [1.29, 1.82) is 0 Å². The highest BCUT2D eigenvalue weighted by Gasteiger charge is 2.33. The van der Waals surface area contributed by atoms with Crippen LogP contribution in [0.3, 0.4) is 0 Å². The lowest BCUT2D eigenvalue weighted by Gasteiger charge is -2.19. The molecule has 1 fully saturated rings. The number of rotatable bonds is 6. The quantitative estimate of drug-likeness (QED) is 0.867.